The molecule has 1 heterocycles. The van der Waals surface area contributed by atoms with Crippen LogP contribution in [0.2, 0.25) is 0 Å². The van der Waals surface area contributed by atoms with Gasteiger partial charge in [-0.05, 0) is 38.7 Å². The van der Waals surface area contributed by atoms with Gasteiger partial charge in [0, 0.05) is 22.5 Å². The maximum atomic E-state index is 13.8. The highest BCUT2D eigenvalue weighted by molar-refractivity contribution is 6.12. The molecule has 0 spiro atoms. The topological polar surface area (TPSA) is 100 Å². The number of para-hydroxylation sites is 1. The zero-order valence-electron chi connectivity index (χ0n) is 20.8. The van der Waals surface area contributed by atoms with Crippen LogP contribution in [0, 0.1) is 11.8 Å². The predicted octanol–water partition coefficient (Wildman–Crippen LogP) is 3.66. The van der Waals surface area contributed by atoms with Crippen LogP contribution in [0.25, 0.3) is 0 Å². The lowest BCUT2D eigenvalue weighted by molar-refractivity contribution is -0.151. The summed E-state index contributed by atoms with van der Waals surface area (Å²) in [4.78, 5) is 39.8. The Labute approximate surface area is 200 Å². The molecule has 4 atom stereocenters. The number of rotatable bonds is 7. The van der Waals surface area contributed by atoms with Gasteiger partial charge in [-0.25, -0.2) is 4.79 Å². The number of ether oxygens (including phenoxy) is 4. The van der Waals surface area contributed by atoms with Crippen LogP contribution >= 0.6 is 0 Å². The maximum Gasteiger partial charge on any atom is 0.337 e. The Balaban J connectivity index is 2.26. The number of esters is 2. The Kier molecular flexibility index (Phi) is 7.69. The van der Waals surface area contributed by atoms with Crippen molar-refractivity contribution in [3.8, 4) is 11.5 Å². The molecule has 1 aliphatic carbocycles. The predicted molar refractivity (Wildman–Crippen MR) is 125 cm³/mol. The van der Waals surface area contributed by atoms with Crippen molar-refractivity contribution in [3.05, 3.63) is 46.3 Å². The van der Waals surface area contributed by atoms with Crippen molar-refractivity contribution in [2.24, 2.45) is 11.8 Å². The average molecular weight is 472 g/mol. The summed E-state index contributed by atoms with van der Waals surface area (Å²) in [7, 11) is 4.30. The summed E-state index contributed by atoms with van der Waals surface area (Å²) >= 11 is 0. The van der Waals surface area contributed by atoms with Crippen LogP contribution in [0.15, 0.2) is 40.7 Å². The van der Waals surface area contributed by atoms with Gasteiger partial charge in [0.1, 0.15) is 5.92 Å². The van der Waals surface area contributed by atoms with E-state index in [2.05, 4.69) is 5.32 Å². The lowest BCUT2D eigenvalue weighted by atomic mass is 9.69. The fourth-order valence-electron chi connectivity index (χ4n) is 4.73. The maximum absolute atomic E-state index is 13.8. The first kappa shape index (κ1) is 25.3. The third-order valence-electron chi connectivity index (χ3n) is 6.59. The molecule has 3 rings (SSSR count). The number of methoxy groups -OCH3 is 3. The zero-order valence-corrected chi connectivity index (χ0v) is 20.8. The Morgan fingerprint density at radius 1 is 1.18 bits per heavy atom. The molecule has 0 amide bonds. The van der Waals surface area contributed by atoms with Crippen LogP contribution in [0.1, 0.15) is 52.0 Å². The number of hydrogen-bond donors (Lipinski definition) is 1. The van der Waals surface area contributed by atoms with Gasteiger partial charge in [0.05, 0.1) is 38.9 Å². The Bertz CT molecular complexity index is 1060. The second-order valence-corrected chi connectivity index (χ2v) is 8.74. The minimum absolute atomic E-state index is 0.263. The van der Waals surface area contributed by atoms with Crippen LogP contribution in [0.4, 0.5) is 0 Å². The van der Waals surface area contributed by atoms with Crippen LogP contribution in [-0.4, -0.2) is 45.2 Å². The molecular weight excluding hydrogens is 438 g/mol. The molecule has 0 fully saturated rings. The van der Waals surface area contributed by atoms with Crippen molar-refractivity contribution in [1.82, 2.24) is 5.32 Å². The average Bonchev–Trinajstić information content (AvgIpc) is 2.81. The number of carbonyl (C=O) groups excluding carboxylic acids is 3. The Morgan fingerprint density at radius 2 is 1.88 bits per heavy atom. The molecular formula is C26H33NO7. The van der Waals surface area contributed by atoms with Gasteiger partial charge in [0.15, 0.2) is 17.3 Å². The number of benzene rings is 1. The highest BCUT2D eigenvalue weighted by atomic mass is 16.5. The van der Waals surface area contributed by atoms with E-state index in [0.717, 1.165) is 0 Å². The summed E-state index contributed by atoms with van der Waals surface area (Å²) in [5.74, 6) is -2.64. The molecule has 1 aliphatic heterocycles. The van der Waals surface area contributed by atoms with Crippen molar-refractivity contribution >= 4 is 17.7 Å². The first-order valence-electron chi connectivity index (χ1n) is 11.4. The van der Waals surface area contributed by atoms with Gasteiger partial charge in [-0.2, -0.15) is 0 Å². The fourth-order valence-corrected chi connectivity index (χ4v) is 4.73. The first-order valence-corrected chi connectivity index (χ1v) is 11.4. The largest absolute Gasteiger partial charge is 0.493 e. The third-order valence-corrected chi connectivity index (χ3v) is 6.59. The van der Waals surface area contributed by atoms with Gasteiger partial charge in [0.25, 0.3) is 0 Å². The minimum atomic E-state index is -0.963. The number of dihydropyridines is 1. The standard InChI is InChI=1S/C26H33NO7/c1-8-14(3)34-26(30)20-15(4)27-17-12-13(2)19(25(29)33-7)23(28)22(17)21(20)16-10-9-11-18(31-5)24(16)32-6/h9-11,13-14,19,21,27H,8,12H2,1-7H3/t13-,14-,19-,21+/m1/s1. The summed E-state index contributed by atoms with van der Waals surface area (Å²) in [5, 5.41) is 3.26. The quantitative estimate of drug-likeness (QED) is 0.475. The van der Waals surface area contributed by atoms with E-state index < -0.39 is 23.8 Å². The number of hydrogen-bond acceptors (Lipinski definition) is 8. The van der Waals surface area contributed by atoms with Crippen molar-refractivity contribution in [2.75, 3.05) is 21.3 Å². The molecule has 0 bridgehead atoms. The zero-order chi connectivity index (χ0) is 25.2. The van der Waals surface area contributed by atoms with Crippen molar-refractivity contribution in [3.63, 3.8) is 0 Å². The number of Topliss-reactive ketones (excluding diaryl/α,β-unsaturated/α-hetero) is 1. The molecule has 184 valence electrons. The van der Waals surface area contributed by atoms with Gasteiger partial charge >= 0.3 is 11.9 Å². The van der Waals surface area contributed by atoms with E-state index in [4.69, 9.17) is 18.9 Å². The summed E-state index contributed by atoms with van der Waals surface area (Å²) < 4.78 is 21.8. The lowest BCUT2D eigenvalue weighted by Crippen LogP contribution is -2.43. The molecule has 1 aromatic rings. The van der Waals surface area contributed by atoms with Crippen LogP contribution in [-0.2, 0) is 23.9 Å². The molecule has 0 saturated heterocycles. The van der Waals surface area contributed by atoms with E-state index in [1.165, 1.54) is 21.3 Å². The van der Waals surface area contributed by atoms with E-state index in [0.29, 0.717) is 52.4 Å². The normalized spacial score (nSPS) is 23.0. The summed E-state index contributed by atoms with van der Waals surface area (Å²) in [6.45, 7) is 7.38. The van der Waals surface area contributed by atoms with Crippen molar-refractivity contribution in [1.29, 1.82) is 0 Å². The van der Waals surface area contributed by atoms with Crippen LogP contribution in [0.3, 0.4) is 0 Å². The molecule has 0 saturated carbocycles. The number of ketones is 1. The second-order valence-electron chi connectivity index (χ2n) is 8.74. The highest BCUT2D eigenvalue weighted by Crippen LogP contribution is 2.49. The molecule has 2 aliphatic rings. The monoisotopic (exact) mass is 471 g/mol. The van der Waals surface area contributed by atoms with Gasteiger partial charge in [0.2, 0.25) is 0 Å². The van der Waals surface area contributed by atoms with Gasteiger partial charge in [-0.3, -0.25) is 9.59 Å². The SMILES string of the molecule is CC[C@@H](C)OC(=O)C1=C(C)NC2=C(C(=O)[C@H](C(=O)OC)[C@H](C)C2)[C@H]1c1cccc(OC)c1OC. The second kappa shape index (κ2) is 10.3. The van der Waals surface area contributed by atoms with Crippen molar-refractivity contribution < 1.29 is 33.3 Å². The molecule has 34 heavy (non-hydrogen) atoms. The van der Waals surface area contributed by atoms with E-state index in [9.17, 15) is 14.4 Å². The number of nitrogens with one attached hydrogen (secondary N) is 1. The smallest absolute Gasteiger partial charge is 0.337 e. The number of allylic oxidation sites excluding steroid dienone is 3. The van der Waals surface area contributed by atoms with E-state index in [1.807, 2.05) is 20.8 Å². The highest BCUT2D eigenvalue weighted by Gasteiger charge is 2.48. The molecule has 0 unspecified atom stereocenters. The van der Waals surface area contributed by atoms with Gasteiger partial charge in [-0.1, -0.05) is 26.0 Å². The Hall–Kier alpha value is -3.29. The van der Waals surface area contributed by atoms with Crippen molar-refractivity contribution in [2.45, 2.75) is 52.6 Å². The summed E-state index contributed by atoms with van der Waals surface area (Å²) in [6, 6.07) is 5.32. The minimum Gasteiger partial charge on any atom is -0.493 e. The summed E-state index contributed by atoms with van der Waals surface area (Å²) in [5.41, 5.74) is 2.51. The third kappa shape index (κ3) is 4.41. The van der Waals surface area contributed by atoms with Crippen LogP contribution in [0.5, 0.6) is 11.5 Å². The van der Waals surface area contributed by atoms with Gasteiger partial charge < -0.3 is 24.3 Å². The Morgan fingerprint density at radius 3 is 2.47 bits per heavy atom. The van der Waals surface area contributed by atoms with Crippen LogP contribution < -0.4 is 14.8 Å². The van der Waals surface area contributed by atoms with Gasteiger partial charge in [-0.15, -0.1) is 0 Å². The molecule has 0 radical (unpaired) electrons. The molecule has 1 N–H and O–H groups in total. The first-order chi connectivity index (χ1) is 16.2. The van der Waals surface area contributed by atoms with E-state index >= 15 is 0 Å². The van der Waals surface area contributed by atoms with E-state index in [-0.39, 0.29) is 17.8 Å². The fraction of sp³-hybridized carbons (Fsp3) is 0.500. The lowest BCUT2D eigenvalue weighted by Gasteiger charge is -2.38. The summed E-state index contributed by atoms with van der Waals surface area (Å²) in [6.07, 6.45) is 0.795. The molecule has 1 aromatic carbocycles. The molecule has 8 nitrogen and oxygen atoms in total. The molecule has 0 aromatic heterocycles. The molecule has 8 heteroatoms. The van der Waals surface area contributed by atoms with E-state index in [1.54, 1.807) is 25.1 Å². The number of carbonyl (C=O) groups is 3.